The number of benzene rings is 1. The lowest BCUT2D eigenvalue weighted by atomic mass is 10.0. The van der Waals surface area contributed by atoms with Crippen LogP contribution in [-0.4, -0.2) is 29.4 Å². The number of hydrogen-bond acceptors (Lipinski definition) is 2. The molecule has 0 aliphatic heterocycles. The summed E-state index contributed by atoms with van der Waals surface area (Å²) in [5.74, 6) is 0.187. The van der Waals surface area contributed by atoms with Gasteiger partial charge in [-0.25, -0.2) is 0 Å². The average Bonchev–Trinajstić information content (AvgIpc) is 3.01. The van der Waals surface area contributed by atoms with Gasteiger partial charge in [0.2, 0.25) is 5.91 Å². The lowest BCUT2D eigenvalue weighted by Crippen LogP contribution is -2.30. The second-order valence-corrected chi connectivity index (χ2v) is 6.05. The van der Waals surface area contributed by atoms with Crippen LogP contribution in [0.25, 0.3) is 0 Å². The van der Waals surface area contributed by atoms with Crippen LogP contribution in [0.4, 0.5) is 0 Å². The first-order valence-corrected chi connectivity index (χ1v) is 7.96. The number of nitrogens with zero attached hydrogens (tertiary/aromatic N) is 2. The Kier molecular flexibility index (Phi) is 4.52. The highest BCUT2D eigenvalue weighted by atomic mass is 16.2. The molecule has 0 unspecified atom stereocenters. The number of rotatable bonds is 5. The summed E-state index contributed by atoms with van der Waals surface area (Å²) < 4.78 is 0. The molecule has 1 aliphatic rings. The summed E-state index contributed by atoms with van der Waals surface area (Å²) in [4.78, 5) is 18.2. The van der Waals surface area contributed by atoms with E-state index in [4.69, 9.17) is 0 Å². The number of carbonyl (C=O) groups is 1. The third-order valence-corrected chi connectivity index (χ3v) is 4.43. The Morgan fingerprint density at radius 2 is 1.86 bits per heavy atom. The van der Waals surface area contributed by atoms with Gasteiger partial charge in [-0.05, 0) is 60.1 Å². The first-order valence-electron chi connectivity index (χ1n) is 7.96. The van der Waals surface area contributed by atoms with Crippen molar-refractivity contribution in [1.29, 1.82) is 0 Å². The molecule has 0 radical (unpaired) electrons. The number of amides is 1. The quantitative estimate of drug-likeness (QED) is 0.849. The lowest BCUT2D eigenvalue weighted by Gasteiger charge is -2.17. The van der Waals surface area contributed by atoms with Crippen molar-refractivity contribution >= 4 is 5.91 Å². The van der Waals surface area contributed by atoms with Crippen LogP contribution in [0.3, 0.4) is 0 Å². The molecule has 0 bridgehead atoms. The molecule has 1 aromatic carbocycles. The topological polar surface area (TPSA) is 33.2 Å². The molecule has 1 aliphatic carbocycles. The van der Waals surface area contributed by atoms with Crippen LogP contribution < -0.4 is 0 Å². The Hall–Kier alpha value is -2.16. The molecular formula is C19H22N2O. The van der Waals surface area contributed by atoms with Gasteiger partial charge in [0.25, 0.3) is 0 Å². The Balaban J connectivity index is 1.55. The summed E-state index contributed by atoms with van der Waals surface area (Å²) in [6.07, 6.45) is 8.56. The van der Waals surface area contributed by atoms with E-state index in [9.17, 15) is 4.79 Å². The number of fused-ring (bicyclic) bond motifs is 1. The molecule has 1 amide bonds. The summed E-state index contributed by atoms with van der Waals surface area (Å²) in [7, 11) is 1.89. The van der Waals surface area contributed by atoms with Crippen molar-refractivity contribution in [3.63, 3.8) is 0 Å². The number of aromatic nitrogens is 1. The highest BCUT2D eigenvalue weighted by molar-refractivity contribution is 5.78. The number of likely N-dealkylation sites (N-methyl/N-ethyl adjacent to an activating group) is 1. The highest BCUT2D eigenvalue weighted by Gasteiger charge is 2.14. The van der Waals surface area contributed by atoms with Crippen LogP contribution in [0.15, 0.2) is 42.7 Å². The summed E-state index contributed by atoms with van der Waals surface area (Å²) in [6.45, 7) is 0.744. The molecule has 0 saturated heterocycles. The van der Waals surface area contributed by atoms with Crippen molar-refractivity contribution in [2.24, 2.45) is 0 Å². The van der Waals surface area contributed by atoms with Crippen molar-refractivity contribution in [3.05, 3.63) is 65.0 Å². The predicted molar refractivity (Wildman–Crippen MR) is 87.7 cm³/mol. The van der Waals surface area contributed by atoms with Crippen LogP contribution in [0.5, 0.6) is 0 Å². The summed E-state index contributed by atoms with van der Waals surface area (Å²) >= 11 is 0. The predicted octanol–water partition coefficient (Wildman–Crippen LogP) is 2.81. The zero-order valence-corrected chi connectivity index (χ0v) is 13.1. The van der Waals surface area contributed by atoms with Gasteiger partial charge >= 0.3 is 0 Å². The smallest absolute Gasteiger partial charge is 0.226 e. The third-order valence-electron chi connectivity index (χ3n) is 4.43. The van der Waals surface area contributed by atoms with Gasteiger partial charge < -0.3 is 4.90 Å². The molecule has 1 heterocycles. The zero-order chi connectivity index (χ0) is 15.4. The van der Waals surface area contributed by atoms with Crippen LogP contribution in [0.2, 0.25) is 0 Å². The molecule has 0 atom stereocenters. The summed E-state index contributed by atoms with van der Waals surface area (Å²) in [5, 5.41) is 0. The second-order valence-electron chi connectivity index (χ2n) is 6.05. The SMILES string of the molecule is CN(CCc1ccncc1)C(=O)Cc1ccc2c(c1)CCC2. The minimum absolute atomic E-state index is 0.187. The standard InChI is InChI=1S/C19H22N2O/c1-21(12-9-15-7-10-20-11-8-15)19(22)14-16-5-6-17-3-2-4-18(17)13-16/h5-8,10-11,13H,2-4,9,12,14H2,1H3. The molecule has 0 fully saturated rings. The van der Waals surface area contributed by atoms with E-state index in [1.165, 1.54) is 29.5 Å². The largest absolute Gasteiger partial charge is 0.345 e. The van der Waals surface area contributed by atoms with E-state index in [0.29, 0.717) is 6.42 Å². The van der Waals surface area contributed by atoms with E-state index in [0.717, 1.165) is 24.9 Å². The van der Waals surface area contributed by atoms with Gasteiger partial charge in [0.05, 0.1) is 6.42 Å². The Bertz CT molecular complexity index is 652. The number of carbonyl (C=O) groups excluding carboxylic acids is 1. The maximum Gasteiger partial charge on any atom is 0.226 e. The molecule has 0 saturated carbocycles. The molecule has 114 valence electrons. The van der Waals surface area contributed by atoms with Crippen LogP contribution in [0, 0.1) is 0 Å². The molecule has 0 spiro atoms. The van der Waals surface area contributed by atoms with Crippen molar-refractivity contribution in [2.75, 3.05) is 13.6 Å². The van der Waals surface area contributed by atoms with Gasteiger partial charge in [0.15, 0.2) is 0 Å². The first-order chi connectivity index (χ1) is 10.7. The van der Waals surface area contributed by atoms with Gasteiger partial charge in [0, 0.05) is 26.0 Å². The molecule has 22 heavy (non-hydrogen) atoms. The van der Waals surface area contributed by atoms with Gasteiger partial charge in [-0.15, -0.1) is 0 Å². The fourth-order valence-corrected chi connectivity index (χ4v) is 3.02. The Morgan fingerprint density at radius 1 is 1.09 bits per heavy atom. The average molecular weight is 294 g/mol. The van der Waals surface area contributed by atoms with E-state index in [2.05, 4.69) is 23.2 Å². The number of pyridine rings is 1. The van der Waals surface area contributed by atoms with E-state index < -0.39 is 0 Å². The molecule has 2 aromatic rings. The van der Waals surface area contributed by atoms with Crippen molar-refractivity contribution in [2.45, 2.75) is 32.1 Å². The zero-order valence-electron chi connectivity index (χ0n) is 13.1. The molecule has 0 N–H and O–H groups in total. The van der Waals surface area contributed by atoms with Crippen molar-refractivity contribution < 1.29 is 4.79 Å². The van der Waals surface area contributed by atoms with E-state index in [-0.39, 0.29) is 5.91 Å². The summed E-state index contributed by atoms with van der Waals surface area (Å²) in [5.41, 5.74) is 5.25. The van der Waals surface area contributed by atoms with Gasteiger partial charge in [-0.3, -0.25) is 9.78 Å². The third kappa shape index (κ3) is 3.53. The van der Waals surface area contributed by atoms with E-state index in [1.54, 1.807) is 12.4 Å². The first kappa shape index (κ1) is 14.8. The number of hydrogen-bond donors (Lipinski definition) is 0. The van der Waals surface area contributed by atoms with Crippen molar-refractivity contribution in [1.82, 2.24) is 9.88 Å². The number of aryl methyl sites for hydroxylation is 2. The normalized spacial score (nSPS) is 13.0. The monoisotopic (exact) mass is 294 g/mol. The second kappa shape index (κ2) is 6.73. The van der Waals surface area contributed by atoms with E-state index >= 15 is 0 Å². The van der Waals surface area contributed by atoms with Crippen LogP contribution >= 0.6 is 0 Å². The molecule has 3 heteroatoms. The maximum atomic E-state index is 12.3. The van der Waals surface area contributed by atoms with Gasteiger partial charge in [0.1, 0.15) is 0 Å². The minimum atomic E-state index is 0.187. The van der Waals surface area contributed by atoms with E-state index in [1.807, 2.05) is 24.1 Å². The maximum absolute atomic E-state index is 12.3. The molecule has 3 nitrogen and oxygen atoms in total. The van der Waals surface area contributed by atoms with Crippen LogP contribution in [0.1, 0.15) is 28.7 Å². The fourth-order valence-electron chi connectivity index (χ4n) is 3.02. The van der Waals surface area contributed by atoms with Gasteiger partial charge in [-0.1, -0.05) is 18.2 Å². The Labute approximate surface area is 132 Å². The molecule has 3 rings (SSSR count). The Morgan fingerprint density at radius 3 is 2.68 bits per heavy atom. The highest BCUT2D eigenvalue weighted by Crippen LogP contribution is 2.23. The lowest BCUT2D eigenvalue weighted by molar-refractivity contribution is -0.129. The summed E-state index contributed by atoms with van der Waals surface area (Å²) in [6, 6.07) is 10.5. The molecular weight excluding hydrogens is 272 g/mol. The van der Waals surface area contributed by atoms with Crippen LogP contribution in [-0.2, 0) is 30.5 Å². The minimum Gasteiger partial charge on any atom is -0.345 e. The van der Waals surface area contributed by atoms with Gasteiger partial charge in [-0.2, -0.15) is 0 Å². The van der Waals surface area contributed by atoms with Crippen molar-refractivity contribution in [3.8, 4) is 0 Å². The molecule has 1 aromatic heterocycles. The fraction of sp³-hybridized carbons (Fsp3) is 0.368.